The van der Waals surface area contributed by atoms with Gasteiger partial charge in [-0.1, -0.05) is 30.2 Å². The highest BCUT2D eigenvalue weighted by molar-refractivity contribution is 5.95. The summed E-state index contributed by atoms with van der Waals surface area (Å²) in [5.41, 5.74) is 2.86. The molecule has 0 aliphatic rings. The van der Waals surface area contributed by atoms with Crippen LogP contribution in [0.2, 0.25) is 0 Å². The molecule has 3 aromatic rings. The fourth-order valence-corrected chi connectivity index (χ4v) is 1.92. The third-order valence-corrected chi connectivity index (χ3v) is 2.72. The molecule has 0 aliphatic heterocycles. The summed E-state index contributed by atoms with van der Waals surface area (Å²) in [6.07, 6.45) is 5.48. The lowest BCUT2D eigenvalue weighted by Crippen LogP contribution is -1.84. The average molecular weight is 203 g/mol. The van der Waals surface area contributed by atoms with Gasteiger partial charge >= 0.3 is 0 Å². The molecule has 0 radical (unpaired) electrons. The molecule has 0 bridgehead atoms. The van der Waals surface area contributed by atoms with Crippen molar-refractivity contribution in [3.05, 3.63) is 54.1 Å². The minimum atomic E-state index is 0.899. The normalized spacial score (nSPS) is 10.4. The number of hydrogen-bond acceptors (Lipinski definition) is 1. The zero-order valence-electron chi connectivity index (χ0n) is 8.64. The Hall–Kier alpha value is -2.33. The van der Waals surface area contributed by atoms with Crippen LogP contribution in [0.4, 0.5) is 0 Å². The summed E-state index contributed by atoms with van der Waals surface area (Å²) < 4.78 is 0. The molecule has 0 N–H and O–H groups in total. The fraction of sp³-hybridized carbons (Fsp3) is 0. The van der Waals surface area contributed by atoms with E-state index < -0.39 is 0 Å². The van der Waals surface area contributed by atoms with E-state index in [2.05, 4.69) is 23.0 Å². The number of terminal acetylenes is 1. The predicted molar refractivity (Wildman–Crippen MR) is 67.2 cm³/mol. The van der Waals surface area contributed by atoms with E-state index in [0.717, 1.165) is 27.4 Å². The third kappa shape index (κ3) is 1.24. The quantitative estimate of drug-likeness (QED) is 0.403. The van der Waals surface area contributed by atoms with E-state index in [1.807, 2.05) is 36.4 Å². The first-order valence-electron chi connectivity index (χ1n) is 5.13. The molecular weight excluding hydrogens is 194 g/mol. The standard InChI is InChI=1S/C15H9N/c1-2-11-7-5-9-15-13(11)10-12-6-3-4-8-14(12)16-15/h1,3-10H. The lowest BCUT2D eigenvalue weighted by molar-refractivity contribution is 1.49. The molecule has 0 spiro atoms. The van der Waals surface area contributed by atoms with Crippen LogP contribution in [0.5, 0.6) is 0 Å². The minimum absolute atomic E-state index is 0.899. The smallest absolute Gasteiger partial charge is 0.0722 e. The van der Waals surface area contributed by atoms with Gasteiger partial charge in [-0.15, -0.1) is 6.42 Å². The van der Waals surface area contributed by atoms with Gasteiger partial charge in [-0.2, -0.15) is 0 Å². The summed E-state index contributed by atoms with van der Waals surface area (Å²) >= 11 is 0. The van der Waals surface area contributed by atoms with Gasteiger partial charge < -0.3 is 0 Å². The van der Waals surface area contributed by atoms with Crippen LogP contribution in [0.1, 0.15) is 5.56 Å². The maximum atomic E-state index is 5.48. The van der Waals surface area contributed by atoms with Crippen molar-refractivity contribution in [2.75, 3.05) is 0 Å². The summed E-state index contributed by atoms with van der Waals surface area (Å²) in [5.74, 6) is 2.69. The second-order valence-corrected chi connectivity index (χ2v) is 3.70. The lowest BCUT2D eigenvalue weighted by atomic mass is 10.1. The van der Waals surface area contributed by atoms with Crippen molar-refractivity contribution < 1.29 is 0 Å². The van der Waals surface area contributed by atoms with Crippen molar-refractivity contribution >= 4 is 21.8 Å². The van der Waals surface area contributed by atoms with Gasteiger partial charge in [-0.05, 0) is 24.3 Å². The highest BCUT2D eigenvalue weighted by atomic mass is 14.7. The SMILES string of the molecule is C#Cc1cccc2nc3ccccc3cc12. The number of hydrogen-bond donors (Lipinski definition) is 0. The number of para-hydroxylation sites is 1. The molecule has 1 heterocycles. The van der Waals surface area contributed by atoms with E-state index >= 15 is 0 Å². The number of fused-ring (bicyclic) bond motifs is 2. The number of pyridine rings is 1. The maximum absolute atomic E-state index is 5.48. The van der Waals surface area contributed by atoms with Crippen molar-refractivity contribution in [2.24, 2.45) is 0 Å². The molecule has 1 heteroatoms. The predicted octanol–water partition coefficient (Wildman–Crippen LogP) is 3.37. The largest absolute Gasteiger partial charge is 0.248 e. The van der Waals surface area contributed by atoms with E-state index in [1.165, 1.54) is 0 Å². The monoisotopic (exact) mass is 203 g/mol. The van der Waals surface area contributed by atoms with Crippen molar-refractivity contribution in [3.8, 4) is 12.3 Å². The third-order valence-electron chi connectivity index (χ3n) is 2.72. The molecule has 1 aromatic heterocycles. The Morgan fingerprint density at radius 2 is 1.75 bits per heavy atom. The molecule has 0 amide bonds. The molecule has 0 fully saturated rings. The number of rotatable bonds is 0. The zero-order chi connectivity index (χ0) is 11.0. The Morgan fingerprint density at radius 1 is 0.938 bits per heavy atom. The van der Waals surface area contributed by atoms with Crippen LogP contribution in [0.25, 0.3) is 21.8 Å². The van der Waals surface area contributed by atoms with Gasteiger partial charge in [0, 0.05) is 16.3 Å². The summed E-state index contributed by atoms with van der Waals surface area (Å²) in [6.45, 7) is 0. The first-order valence-corrected chi connectivity index (χ1v) is 5.13. The Labute approximate surface area is 93.7 Å². The van der Waals surface area contributed by atoms with Crippen LogP contribution in [0.15, 0.2) is 48.5 Å². The van der Waals surface area contributed by atoms with Gasteiger partial charge in [-0.25, -0.2) is 4.98 Å². The van der Waals surface area contributed by atoms with Crippen LogP contribution < -0.4 is 0 Å². The zero-order valence-corrected chi connectivity index (χ0v) is 8.64. The molecular formula is C15H9N. The minimum Gasteiger partial charge on any atom is -0.248 e. The topological polar surface area (TPSA) is 12.9 Å². The second-order valence-electron chi connectivity index (χ2n) is 3.70. The van der Waals surface area contributed by atoms with Gasteiger partial charge in [0.15, 0.2) is 0 Å². The van der Waals surface area contributed by atoms with Crippen molar-refractivity contribution in [3.63, 3.8) is 0 Å². The summed E-state index contributed by atoms with van der Waals surface area (Å²) in [7, 11) is 0. The Morgan fingerprint density at radius 3 is 2.62 bits per heavy atom. The molecule has 0 saturated carbocycles. The molecule has 0 atom stereocenters. The summed E-state index contributed by atoms with van der Waals surface area (Å²) in [5, 5.41) is 2.17. The maximum Gasteiger partial charge on any atom is 0.0722 e. The molecule has 0 unspecified atom stereocenters. The van der Waals surface area contributed by atoms with Gasteiger partial charge in [0.1, 0.15) is 0 Å². The number of nitrogens with zero attached hydrogens (tertiary/aromatic N) is 1. The van der Waals surface area contributed by atoms with E-state index in [9.17, 15) is 0 Å². The van der Waals surface area contributed by atoms with Crippen LogP contribution in [0.3, 0.4) is 0 Å². The average Bonchev–Trinajstić information content (AvgIpc) is 2.35. The van der Waals surface area contributed by atoms with E-state index in [-0.39, 0.29) is 0 Å². The van der Waals surface area contributed by atoms with E-state index in [1.54, 1.807) is 0 Å². The number of benzene rings is 2. The lowest BCUT2D eigenvalue weighted by Gasteiger charge is -2.02. The Bertz CT molecular complexity index is 720. The van der Waals surface area contributed by atoms with Crippen molar-refractivity contribution in [2.45, 2.75) is 0 Å². The van der Waals surface area contributed by atoms with E-state index in [4.69, 9.17) is 6.42 Å². The molecule has 74 valence electrons. The van der Waals surface area contributed by atoms with Crippen LogP contribution in [-0.2, 0) is 0 Å². The molecule has 1 nitrogen and oxygen atoms in total. The highest BCUT2D eigenvalue weighted by Crippen LogP contribution is 2.21. The van der Waals surface area contributed by atoms with Crippen LogP contribution >= 0.6 is 0 Å². The van der Waals surface area contributed by atoms with E-state index in [0.29, 0.717) is 0 Å². The molecule has 2 aromatic carbocycles. The van der Waals surface area contributed by atoms with Gasteiger partial charge in [0.05, 0.1) is 11.0 Å². The second kappa shape index (κ2) is 3.36. The molecule has 0 saturated heterocycles. The molecule has 3 rings (SSSR count). The fourth-order valence-electron chi connectivity index (χ4n) is 1.92. The highest BCUT2D eigenvalue weighted by Gasteiger charge is 2.01. The summed E-state index contributed by atoms with van der Waals surface area (Å²) in [4.78, 5) is 4.59. The van der Waals surface area contributed by atoms with Crippen molar-refractivity contribution in [1.29, 1.82) is 0 Å². The van der Waals surface area contributed by atoms with Gasteiger partial charge in [0.25, 0.3) is 0 Å². The Kier molecular flexibility index (Phi) is 1.88. The van der Waals surface area contributed by atoms with Crippen LogP contribution in [-0.4, -0.2) is 4.98 Å². The van der Waals surface area contributed by atoms with Gasteiger partial charge in [-0.3, -0.25) is 0 Å². The van der Waals surface area contributed by atoms with Gasteiger partial charge in [0.2, 0.25) is 0 Å². The summed E-state index contributed by atoms with van der Waals surface area (Å²) in [6, 6.07) is 16.0. The van der Waals surface area contributed by atoms with Crippen LogP contribution in [0, 0.1) is 12.3 Å². The Balaban J connectivity index is 2.52. The number of aromatic nitrogens is 1. The first kappa shape index (κ1) is 8.94. The first-order chi connectivity index (χ1) is 7.88. The molecule has 16 heavy (non-hydrogen) atoms. The molecule has 0 aliphatic carbocycles. The van der Waals surface area contributed by atoms with Crippen molar-refractivity contribution in [1.82, 2.24) is 4.98 Å².